The molecule has 3 N–H and O–H groups in total. The van der Waals surface area contributed by atoms with Gasteiger partial charge in [0.25, 0.3) is 0 Å². The third kappa shape index (κ3) is 0.625. The molecule has 3 nitrogen and oxygen atoms in total. The van der Waals surface area contributed by atoms with Crippen molar-refractivity contribution in [3.05, 3.63) is 0 Å². The number of hydrogen-bond donors (Lipinski definition) is 2. The molecular formula is C6H12N2O. The van der Waals surface area contributed by atoms with Crippen molar-refractivity contribution in [2.24, 2.45) is 11.1 Å². The molecule has 0 aromatic heterocycles. The van der Waals surface area contributed by atoms with Crippen molar-refractivity contribution in [2.45, 2.75) is 6.04 Å². The van der Waals surface area contributed by atoms with Crippen LogP contribution in [0, 0.1) is 5.41 Å². The zero-order chi connectivity index (χ0) is 6.32. The molecule has 0 radical (unpaired) electrons. The quantitative estimate of drug-likeness (QED) is 0.437. The summed E-state index contributed by atoms with van der Waals surface area (Å²) >= 11 is 0. The molecule has 2 aliphatic heterocycles. The maximum Gasteiger partial charge on any atom is 0.0625 e. The molecule has 2 heterocycles. The number of hydrogen-bond acceptors (Lipinski definition) is 3. The Morgan fingerprint density at radius 2 is 2.33 bits per heavy atom. The van der Waals surface area contributed by atoms with Crippen LogP contribution in [-0.4, -0.2) is 32.3 Å². The van der Waals surface area contributed by atoms with Gasteiger partial charge < -0.3 is 15.8 Å². The second-order valence-corrected chi connectivity index (χ2v) is 3.09. The van der Waals surface area contributed by atoms with Crippen molar-refractivity contribution < 1.29 is 4.74 Å². The first-order chi connectivity index (χ1) is 4.33. The van der Waals surface area contributed by atoms with Crippen molar-refractivity contribution in [1.82, 2.24) is 5.32 Å². The van der Waals surface area contributed by atoms with Crippen molar-refractivity contribution in [3.63, 3.8) is 0 Å². The summed E-state index contributed by atoms with van der Waals surface area (Å²) in [5.41, 5.74) is 6.13. The molecule has 0 saturated carbocycles. The fourth-order valence-corrected chi connectivity index (χ4v) is 1.48. The SMILES string of the molecule is NC1COCC12CNC2. The molecule has 2 fully saturated rings. The zero-order valence-corrected chi connectivity index (χ0v) is 5.39. The molecule has 0 aliphatic carbocycles. The van der Waals surface area contributed by atoms with E-state index in [0.29, 0.717) is 5.41 Å². The summed E-state index contributed by atoms with van der Waals surface area (Å²) in [4.78, 5) is 0. The summed E-state index contributed by atoms with van der Waals surface area (Å²) < 4.78 is 5.25. The van der Waals surface area contributed by atoms with E-state index >= 15 is 0 Å². The zero-order valence-electron chi connectivity index (χ0n) is 5.39. The Kier molecular flexibility index (Phi) is 1.06. The maximum atomic E-state index is 5.81. The summed E-state index contributed by atoms with van der Waals surface area (Å²) in [5, 5.41) is 3.21. The van der Waals surface area contributed by atoms with E-state index in [0.717, 1.165) is 26.3 Å². The molecule has 3 heteroatoms. The standard InChI is InChI=1S/C6H12N2O/c7-5-1-9-4-6(5)2-8-3-6/h5,8H,1-4,7H2. The first kappa shape index (κ1) is 5.65. The van der Waals surface area contributed by atoms with E-state index in [4.69, 9.17) is 10.5 Å². The highest BCUT2D eigenvalue weighted by molar-refractivity contribution is 5.02. The summed E-state index contributed by atoms with van der Waals surface area (Å²) in [6.07, 6.45) is 0. The van der Waals surface area contributed by atoms with Gasteiger partial charge in [0.05, 0.1) is 13.2 Å². The van der Waals surface area contributed by atoms with Gasteiger partial charge in [-0.15, -0.1) is 0 Å². The summed E-state index contributed by atoms with van der Waals surface area (Å²) in [7, 11) is 0. The van der Waals surface area contributed by atoms with Crippen molar-refractivity contribution in [2.75, 3.05) is 26.3 Å². The highest BCUT2D eigenvalue weighted by atomic mass is 16.5. The lowest BCUT2D eigenvalue weighted by molar-refractivity contribution is 0.108. The molecule has 1 spiro atoms. The first-order valence-corrected chi connectivity index (χ1v) is 3.38. The fourth-order valence-electron chi connectivity index (χ4n) is 1.48. The van der Waals surface area contributed by atoms with Gasteiger partial charge >= 0.3 is 0 Å². The van der Waals surface area contributed by atoms with Crippen LogP contribution in [0.15, 0.2) is 0 Å². The van der Waals surface area contributed by atoms with Gasteiger partial charge in [0.1, 0.15) is 0 Å². The van der Waals surface area contributed by atoms with E-state index in [9.17, 15) is 0 Å². The summed E-state index contributed by atoms with van der Waals surface area (Å²) in [5.74, 6) is 0. The predicted octanol–water partition coefficient (Wildman–Crippen LogP) is -1.07. The lowest BCUT2D eigenvalue weighted by Gasteiger charge is -2.40. The van der Waals surface area contributed by atoms with E-state index in [2.05, 4.69) is 5.32 Å². The Hall–Kier alpha value is -0.120. The van der Waals surface area contributed by atoms with Crippen LogP contribution in [0.4, 0.5) is 0 Å². The van der Waals surface area contributed by atoms with Gasteiger partial charge in [-0.25, -0.2) is 0 Å². The van der Waals surface area contributed by atoms with E-state index in [-0.39, 0.29) is 6.04 Å². The van der Waals surface area contributed by atoms with E-state index in [1.165, 1.54) is 0 Å². The number of nitrogens with one attached hydrogen (secondary N) is 1. The third-order valence-corrected chi connectivity index (χ3v) is 2.43. The number of rotatable bonds is 0. The molecule has 2 aliphatic rings. The van der Waals surface area contributed by atoms with Crippen LogP contribution in [-0.2, 0) is 4.74 Å². The highest BCUT2D eigenvalue weighted by Crippen LogP contribution is 2.30. The van der Waals surface area contributed by atoms with Crippen LogP contribution in [0.5, 0.6) is 0 Å². The molecule has 1 atom stereocenters. The smallest absolute Gasteiger partial charge is 0.0625 e. The van der Waals surface area contributed by atoms with Crippen LogP contribution in [0.1, 0.15) is 0 Å². The largest absolute Gasteiger partial charge is 0.379 e. The Bertz CT molecular complexity index is 122. The minimum absolute atomic E-state index is 0.277. The maximum absolute atomic E-state index is 5.81. The molecule has 0 bridgehead atoms. The molecule has 2 rings (SSSR count). The van der Waals surface area contributed by atoms with Gasteiger partial charge in [-0.05, 0) is 0 Å². The highest BCUT2D eigenvalue weighted by Gasteiger charge is 2.46. The molecule has 9 heavy (non-hydrogen) atoms. The Balaban J connectivity index is 2.09. The minimum Gasteiger partial charge on any atom is -0.379 e. The van der Waals surface area contributed by atoms with Gasteiger partial charge in [0.15, 0.2) is 0 Å². The van der Waals surface area contributed by atoms with E-state index < -0.39 is 0 Å². The Morgan fingerprint density at radius 1 is 1.56 bits per heavy atom. The molecule has 52 valence electrons. The molecule has 0 amide bonds. The number of ether oxygens (including phenoxy) is 1. The first-order valence-electron chi connectivity index (χ1n) is 3.38. The fraction of sp³-hybridized carbons (Fsp3) is 1.00. The molecule has 0 aromatic carbocycles. The van der Waals surface area contributed by atoms with Gasteiger partial charge in [-0.3, -0.25) is 0 Å². The van der Waals surface area contributed by atoms with E-state index in [1.807, 2.05) is 0 Å². The lowest BCUT2D eigenvalue weighted by Crippen LogP contribution is -2.62. The topological polar surface area (TPSA) is 47.3 Å². The van der Waals surface area contributed by atoms with Gasteiger partial charge in [-0.2, -0.15) is 0 Å². The normalized spacial score (nSPS) is 39.0. The van der Waals surface area contributed by atoms with Gasteiger partial charge in [0, 0.05) is 24.5 Å². The molecular weight excluding hydrogens is 116 g/mol. The second-order valence-electron chi connectivity index (χ2n) is 3.09. The van der Waals surface area contributed by atoms with Crippen molar-refractivity contribution >= 4 is 0 Å². The summed E-state index contributed by atoms with van der Waals surface area (Å²) in [6.45, 7) is 3.71. The lowest BCUT2D eigenvalue weighted by atomic mass is 9.78. The second kappa shape index (κ2) is 1.68. The van der Waals surface area contributed by atoms with Crippen molar-refractivity contribution in [3.8, 4) is 0 Å². The minimum atomic E-state index is 0.277. The van der Waals surface area contributed by atoms with E-state index in [1.54, 1.807) is 0 Å². The Labute approximate surface area is 54.6 Å². The predicted molar refractivity (Wildman–Crippen MR) is 34.1 cm³/mol. The number of nitrogens with two attached hydrogens (primary N) is 1. The molecule has 2 saturated heterocycles. The van der Waals surface area contributed by atoms with Gasteiger partial charge in [0.2, 0.25) is 0 Å². The molecule has 0 aromatic rings. The monoisotopic (exact) mass is 128 g/mol. The molecule has 1 unspecified atom stereocenters. The average molecular weight is 128 g/mol. The van der Waals surface area contributed by atoms with Crippen LogP contribution < -0.4 is 11.1 Å². The summed E-state index contributed by atoms with van der Waals surface area (Å²) in [6, 6.07) is 0.277. The average Bonchev–Trinajstić information content (AvgIpc) is 2.07. The van der Waals surface area contributed by atoms with Gasteiger partial charge in [-0.1, -0.05) is 0 Å². The van der Waals surface area contributed by atoms with Crippen molar-refractivity contribution in [1.29, 1.82) is 0 Å². The van der Waals surface area contributed by atoms with Crippen LogP contribution in [0.3, 0.4) is 0 Å². The Morgan fingerprint density at radius 3 is 2.56 bits per heavy atom. The van der Waals surface area contributed by atoms with Crippen LogP contribution in [0.2, 0.25) is 0 Å². The van der Waals surface area contributed by atoms with Crippen LogP contribution in [0.25, 0.3) is 0 Å². The third-order valence-electron chi connectivity index (χ3n) is 2.43. The van der Waals surface area contributed by atoms with Crippen LogP contribution >= 0.6 is 0 Å².